The zero-order chi connectivity index (χ0) is 17.2. The van der Waals surface area contributed by atoms with Crippen LogP contribution < -0.4 is 5.32 Å². The van der Waals surface area contributed by atoms with Gasteiger partial charge in [-0.1, -0.05) is 42.4 Å². The van der Waals surface area contributed by atoms with Crippen LogP contribution in [-0.2, 0) is 19.4 Å². The van der Waals surface area contributed by atoms with E-state index in [1.54, 1.807) is 6.07 Å². The molecule has 4 rings (SSSR count). The van der Waals surface area contributed by atoms with E-state index in [0.29, 0.717) is 12.2 Å². The van der Waals surface area contributed by atoms with Crippen LogP contribution in [0.3, 0.4) is 0 Å². The lowest BCUT2D eigenvalue weighted by atomic mass is 10.1. The van der Waals surface area contributed by atoms with E-state index in [1.807, 2.05) is 30.3 Å². The molecule has 7 nitrogen and oxygen atoms in total. The Bertz CT molecular complexity index is 871. The van der Waals surface area contributed by atoms with E-state index < -0.39 is 0 Å². The molecule has 1 aliphatic rings. The molecule has 0 radical (unpaired) electrons. The largest absolute Gasteiger partial charge is 0.350 e. The Morgan fingerprint density at radius 1 is 1.32 bits per heavy atom. The molecule has 1 aromatic carbocycles. The molecule has 1 amide bonds. The van der Waals surface area contributed by atoms with Crippen molar-refractivity contribution >= 4 is 5.91 Å². The van der Waals surface area contributed by atoms with Crippen molar-refractivity contribution in [3.8, 4) is 11.3 Å². The first kappa shape index (κ1) is 15.6. The average molecular weight is 337 g/mol. The van der Waals surface area contributed by atoms with Crippen LogP contribution in [-0.4, -0.2) is 31.9 Å². The maximum absolute atomic E-state index is 12.5. The predicted octanol–water partition coefficient (Wildman–Crippen LogP) is 2.24. The van der Waals surface area contributed by atoms with Crippen LogP contribution in [0.2, 0.25) is 0 Å². The summed E-state index contributed by atoms with van der Waals surface area (Å²) in [6.45, 7) is 2.75. The zero-order valence-electron chi connectivity index (χ0n) is 14.0. The van der Waals surface area contributed by atoms with Crippen molar-refractivity contribution in [2.24, 2.45) is 0 Å². The van der Waals surface area contributed by atoms with Gasteiger partial charge < -0.3 is 14.4 Å². The van der Waals surface area contributed by atoms with E-state index in [9.17, 15) is 4.79 Å². The van der Waals surface area contributed by atoms with Crippen molar-refractivity contribution in [3.63, 3.8) is 0 Å². The summed E-state index contributed by atoms with van der Waals surface area (Å²) in [6.07, 6.45) is 2.48. The van der Waals surface area contributed by atoms with Crippen molar-refractivity contribution in [1.82, 2.24) is 25.2 Å². The Labute approximate surface area is 145 Å². The van der Waals surface area contributed by atoms with E-state index in [1.165, 1.54) is 0 Å². The van der Waals surface area contributed by atoms with Crippen LogP contribution in [0.1, 0.15) is 35.5 Å². The Kier molecular flexibility index (Phi) is 4.05. The minimum absolute atomic E-state index is 0.0339. The molecule has 7 heteroatoms. The number of carbonyl (C=O) groups excluding carboxylic acids is 1. The zero-order valence-corrected chi connectivity index (χ0v) is 14.0. The standard InChI is InChI=1S/C18H19N5O2/c1-2-16-20-21-17-9-8-13(11-23(16)17)19-18(24)15-10-14(22-25-15)12-6-4-3-5-7-12/h3-7,10,13H,2,8-9,11H2,1H3,(H,19,24). The molecule has 0 spiro atoms. The Morgan fingerprint density at radius 3 is 2.96 bits per heavy atom. The van der Waals surface area contributed by atoms with Crippen LogP contribution >= 0.6 is 0 Å². The van der Waals surface area contributed by atoms with Gasteiger partial charge in [0.25, 0.3) is 5.91 Å². The van der Waals surface area contributed by atoms with Crippen LogP contribution in [0.4, 0.5) is 0 Å². The van der Waals surface area contributed by atoms with Gasteiger partial charge in [0.2, 0.25) is 5.76 Å². The normalized spacial score (nSPS) is 16.4. The number of hydrogen-bond donors (Lipinski definition) is 1. The lowest BCUT2D eigenvalue weighted by molar-refractivity contribution is 0.0890. The van der Waals surface area contributed by atoms with E-state index in [4.69, 9.17) is 4.52 Å². The molecule has 0 bridgehead atoms. The summed E-state index contributed by atoms with van der Waals surface area (Å²) in [5, 5.41) is 15.4. The third-order valence-corrected chi connectivity index (χ3v) is 4.48. The molecule has 1 aliphatic heterocycles. The molecule has 1 unspecified atom stereocenters. The van der Waals surface area contributed by atoms with Gasteiger partial charge in [-0.25, -0.2) is 0 Å². The smallest absolute Gasteiger partial charge is 0.290 e. The fourth-order valence-electron chi connectivity index (χ4n) is 3.15. The van der Waals surface area contributed by atoms with E-state index in [-0.39, 0.29) is 17.7 Å². The number of nitrogens with one attached hydrogen (secondary N) is 1. The molecule has 2 aromatic heterocycles. The summed E-state index contributed by atoms with van der Waals surface area (Å²) in [7, 11) is 0. The van der Waals surface area contributed by atoms with Crippen LogP contribution in [0.5, 0.6) is 0 Å². The van der Waals surface area contributed by atoms with Gasteiger partial charge in [0.05, 0.1) is 0 Å². The van der Waals surface area contributed by atoms with Gasteiger partial charge in [0.1, 0.15) is 17.3 Å². The lowest BCUT2D eigenvalue weighted by Gasteiger charge is -2.24. The van der Waals surface area contributed by atoms with E-state index in [2.05, 4.69) is 32.2 Å². The highest BCUT2D eigenvalue weighted by Crippen LogP contribution is 2.19. The topological polar surface area (TPSA) is 85.8 Å². The fourth-order valence-corrected chi connectivity index (χ4v) is 3.15. The monoisotopic (exact) mass is 337 g/mol. The second kappa shape index (κ2) is 6.51. The maximum Gasteiger partial charge on any atom is 0.290 e. The first-order valence-electron chi connectivity index (χ1n) is 8.48. The first-order chi connectivity index (χ1) is 12.2. The van der Waals surface area contributed by atoms with Crippen LogP contribution in [0.25, 0.3) is 11.3 Å². The second-order valence-electron chi connectivity index (χ2n) is 6.15. The molecule has 3 aromatic rings. The SMILES string of the molecule is CCc1nnc2n1CC(NC(=O)c1cc(-c3ccccc3)no1)CC2. The van der Waals surface area contributed by atoms with Gasteiger partial charge in [0.15, 0.2) is 0 Å². The van der Waals surface area contributed by atoms with E-state index >= 15 is 0 Å². The summed E-state index contributed by atoms with van der Waals surface area (Å²) in [4.78, 5) is 12.5. The number of benzene rings is 1. The predicted molar refractivity (Wildman–Crippen MR) is 90.9 cm³/mol. The van der Waals surface area contributed by atoms with Crippen molar-refractivity contribution < 1.29 is 9.32 Å². The van der Waals surface area contributed by atoms with Gasteiger partial charge in [-0.3, -0.25) is 4.79 Å². The van der Waals surface area contributed by atoms with Crippen LogP contribution in [0.15, 0.2) is 40.9 Å². The minimum Gasteiger partial charge on any atom is -0.350 e. The van der Waals surface area contributed by atoms with Gasteiger partial charge in [-0.15, -0.1) is 10.2 Å². The Hall–Kier alpha value is -2.96. The van der Waals surface area contributed by atoms with Crippen molar-refractivity contribution in [1.29, 1.82) is 0 Å². The van der Waals surface area contributed by atoms with Gasteiger partial charge in [0, 0.05) is 37.1 Å². The average Bonchev–Trinajstić information content (AvgIpc) is 3.29. The molecule has 1 atom stereocenters. The number of aromatic nitrogens is 4. The third-order valence-electron chi connectivity index (χ3n) is 4.48. The quantitative estimate of drug-likeness (QED) is 0.789. The van der Waals surface area contributed by atoms with Crippen molar-refractivity contribution in [3.05, 3.63) is 53.8 Å². The number of amides is 1. The second-order valence-corrected chi connectivity index (χ2v) is 6.15. The minimum atomic E-state index is -0.241. The summed E-state index contributed by atoms with van der Waals surface area (Å²) < 4.78 is 7.33. The highest BCUT2D eigenvalue weighted by atomic mass is 16.5. The lowest BCUT2D eigenvalue weighted by Crippen LogP contribution is -2.41. The fraction of sp³-hybridized carbons (Fsp3) is 0.333. The van der Waals surface area contributed by atoms with Crippen molar-refractivity contribution in [2.75, 3.05) is 0 Å². The maximum atomic E-state index is 12.5. The Balaban J connectivity index is 1.45. The molecule has 3 heterocycles. The highest BCUT2D eigenvalue weighted by Gasteiger charge is 2.25. The number of carbonyl (C=O) groups is 1. The third kappa shape index (κ3) is 3.05. The molecular weight excluding hydrogens is 318 g/mol. The van der Waals surface area contributed by atoms with Crippen LogP contribution in [0, 0.1) is 0 Å². The number of rotatable bonds is 4. The molecule has 128 valence electrons. The molecule has 0 saturated carbocycles. The molecule has 0 saturated heterocycles. The molecule has 25 heavy (non-hydrogen) atoms. The molecular formula is C18H19N5O2. The Morgan fingerprint density at radius 2 is 2.16 bits per heavy atom. The van der Waals surface area contributed by atoms with Gasteiger partial charge >= 0.3 is 0 Å². The summed E-state index contributed by atoms with van der Waals surface area (Å²) >= 11 is 0. The van der Waals surface area contributed by atoms with Crippen molar-refractivity contribution in [2.45, 2.75) is 38.8 Å². The number of nitrogens with zero attached hydrogens (tertiary/aromatic N) is 4. The molecule has 0 aliphatic carbocycles. The first-order valence-corrected chi connectivity index (χ1v) is 8.48. The number of hydrogen-bond acceptors (Lipinski definition) is 5. The van der Waals surface area contributed by atoms with Gasteiger partial charge in [-0.2, -0.15) is 0 Å². The number of fused-ring (bicyclic) bond motifs is 1. The molecule has 1 N–H and O–H groups in total. The highest BCUT2D eigenvalue weighted by molar-refractivity contribution is 5.92. The summed E-state index contributed by atoms with van der Waals surface area (Å²) in [5.74, 6) is 1.94. The number of aryl methyl sites for hydroxylation is 2. The summed E-state index contributed by atoms with van der Waals surface area (Å²) in [5.41, 5.74) is 1.58. The summed E-state index contributed by atoms with van der Waals surface area (Å²) in [6, 6.07) is 11.4. The molecule has 0 fully saturated rings. The van der Waals surface area contributed by atoms with E-state index in [0.717, 1.165) is 36.5 Å². The van der Waals surface area contributed by atoms with Gasteiger partial charge in [-0.05, 0) is 6.42 Å².